The molecule has 0 bridgehead atoms. The van der Waals surface area contributed by atoms with Gasteiger partial charge in [-0.15, -0.1) is 11.3 Å². The molecule has 1 aromatic carbocycles. The van der Waals surface area contributed by atoms with Crippen LogP contribution in [0.3, 0.4) is 0 Å². The number of ether oxygens (including phenoxy) is 1. The molecule has 0 spiro atoms. The van der Waals surface area contributed by atoms with Crippen molar-refractivity contribution in [3.05, 3.63) is 50.1 Å². The van der Waals surface area contributed by atoms with Gasteiger partial charge in [-0.3, -0.25) is 4.79 Å². The first kappa shape index (κ1) is 17.9. The van der Waals surface area contributed by atoms with E-state index < -0.39 is 0 Å². The maximum absolute atomic E-state index is 12.5. The molecule has 0 fully saturated rings. The highest BCUT2D eigenvalue weighted by atomic mass is 35.5. The summed E-state index contributed by atoms with van der Waals surface area (Å²) in [6, 6.07) is 7.36. The van der Waals surface area contributed by atoms with E-state index in [4.69, 9.17) is 16.3 Å². The van der Waals surface area contributed by atoms with Crippen LogP contribution in [0, 0.1) is 0 Å². The number of benzene rings is 1. The van der Waals surface area contributed by atoms with E-state index in [1.165, 1.54) is 23.3 Å². The van der Waals surface area contributed by atoms with Crippen molar-refractivity contribution in [3.8, 4) is 5.75 Å². The summed E-state index contributed by atoms with van der Waals surface area (Å²) in [5.74, 6) is 1.66. The van der Waals surface area contributed by atoms with Crippen molar-refractivity contribution in [3.63, 3.8) is 0 Å². The van der Waals surface area contributed by atoms with Gasteiger partial charge in [-0.2, -0.15) is 0 Å². The van der Waals surface area contributed by atoms with Crippen LogP contribution in [0.15, 0.2) is 34.2 Å². The molecule has 4 nitrogen and oxygen atoms in total. The van der Waals surface area contributed by atoms with Gasteiger partial charge in [0.25, 0.3) is 5.56 Å². The average Bonchev–Trinajstić information content (AvgIpc) is 3.02. The van der Waals surface area contributed by atoms with Gasteiger partial charge in [0, 0.05) is 15.7 Å². The number of hydrogen-bond acceptors (Lipinski definition) is 5. The monoisotopic (exact) mass is 406 g/mol. The zero-order chi connectivity index (χ0) is 17.9. The van der Waals surface area contributed by atoms with Crippen LogP contribution in [-0.2, 0) is 12.8 Å². The Bertz CT molecular complexity index is 966. The number of rotatable bonds is 6. The summed E-state index contributed by atoms with van der Waals surface area (Å²) in [6.45, 7) is 0.619. The molecule has 0 saturated carbocycles. The number of hydrogen-bond donors (Lipinski definition) is 1. The van der Waals surface area contributed by atoms with Gasteiger partial charge in [-0.1, -0.05) is 23.4 Å². The zero-order valence-electron chi connectivity index (χ0n) is 14.2. The normalized spacial score (nSPS) is 13.7. The van der Waals surface area contributed by atoms with E-state index in [1.54, 1.807) is 23.1 Å². The van der Waals surface area contributed by atoms with Crippen LogP contribution in [0.1, 0.15) is 29.7 Å². The lowest BCUT2D eigenvalue weighted by molar-refractivity contribution is 0.318. The summed E-state index contributed by atoms with van der Waals surface area (Å²) in [6.07, 6.45) is 5.35. The van der Waals surface area contributed by atoms with Crippen molar-refractivity contribution in [2.45, 2.75) is 37.3 Å². The first-order chi connectivity index (χ1) is 12.7. The molecular formula is C19H19ClN2O2S2. The quantitative estimate of drug-likeness (QED) is 0.352. The summed E-state index contributed by atoms with van der Waals surface area (Å²) >= 11 is 9.12. The number of aromatic amines is 1. The van der Waals surface area contributed by atoms with Crippen LogP contribution in [0.4, 0.5) is 0 Å². The molecule has 0 atom stereocenters. The first-order valence-electron chi connectivity index (χ1n) is 8.76. The Balaban J connectivity index is 1.35. The fourth-order valence-corrected chi connectivity index (χ4v) is 5.38. The SMILES string of the molecule is O=c1[nH]c(SCCCOc2ccc(Cl)cc2)nc2sc3c(c12)CCCC3. The molecule has 2 aromatic heterocycles. The number of H-pyrrole nitrogens is 1. The molecule has 1 aliphatic rings. The molecule has 2 heterocycles. The lowest BCUT2D eigenvalue weighted by Crippen LogP contribution is -2.11. The highest BCUT2D eigenvalue weighted by Crippen LogP contribution is 2.34. The number of nitrogens with zero attached hydrogens (tertiary/aromatic N) is 1. The third-order valence-electron chi connectivity index (χ3n) is 4.41. The van der Waals surface area contributed by atoms with Gasteiger partial charge in [0.15, 0.2) is 5.16 Å². The number of aryl methyl sites for hydroxylation is 2. The molecule has 26 heavy (non-hydrogen) atoms. The predicted molar refractivity (Wildman–Crippen MR) is 109 cm³/mol. The maximum Gasteiger partial charge on any atom is 0.260 e. The molecule has 0 unspecified atom stereocenters. The molecule has 1 aliphatic carbocycles. The van der Waals surface area contributed by atoms with Crippen LogP contribution in [0.2, 0.25) is 5.02 Å². The van der Waals surface area contributed by atoms with Gasteiger partial charge >= 0.3 is 0 Å². The Kier molecular flexibility index (Phi) is 5.52. The second-order valence-corrected chi connectivity index (χ2v) is 8.87. The lowest BCUT2D eigenvalue weighted by Gasteiger charge is -2.09. The predicted octanol–water partition coefficient (Wildman–Crippen LogP) is 5.08. The van der Waals surface area contributed by atoms with E-state index in [9.17, 15) is 4.79 Å². The third kappa shape index (κ3) is 3.92. The number of thioether (sulfide) groups is 1. The molecule has 4 rings (SSSR count). The second kappa shape index (κ2) is 8.03. The van der Waals surface area contributed by atoms with Crippen LogP contribution in [0.5, 0.6) is 5.75 Å². The van der Waals surface area contributed by atoms with Gasteiger partial charge in [0.05, 0.1) is 12.0 Å². The van der Waals surface area contributed by atoms with E-state index in [1.807, 2.05) is 24.3 Å². The number of halogens is 1. The van der Waals surface area contributed by atoms with Crippen molar-refractivity contribution < 1.29 is 4.74 Å². The van der Waals surface area contributed by atoms with E-state index >= 15 is 0 Å². The number of fused-ring (bicyclic) bond motifs is 3. The Labute approximate surface area is 165 Å². The molecule has 7 heteroatoms. The van der Waals surface area contributed by atoms with E-state index in [0.717, 1.165) is 41.0 Å². The molecule has 1 N–H and O–H groups in total. The summed E-state index contributed by atoms with van der Waals surface area (Å²) < 4.78 is 5.69. The fraction of sp³-hybridized carbons (Fsp3) is 0.368. The average molecular weight is 407 g/mol. The molecule has 136 valence electrons. The lowest BCUT2D eigenvalue weighted by atomic mass is 9.97. The Morgan fingerprint density at radius 2 is 2.04 bits per heavy atom. The summed E-state index contributed by atoms with van der Waals surface area (Å²) in [4.78, 5) is 22.4. The minimum absolute atomic E-state index is 0.00862. The number of aromatic nitrogens is 2. The summed E-state index contributed by atoms with van der Waals surface area (Å²) in [5, 5.41) is 2.22. The van der Waals surface area contributed by atoms with E-state index in [2.05, 4.69) is 9.97 Å². The zero-order valence-corrected chi connectivity index (χ0v) is 16.6. The minimum Gasteiger partial charge on any atom is -0.494 e. The van der Waals surface area contributed by atoms with Crippen LogP contribution < -0.4 is 10.3 Å². The third-order valence-corrected chi connectivity index (χ3v) is 6.81. The highest BCUT2D eigenvalue weighted by molar-refractivity contribution is 7.99. The van der Waals surface area contributed by atoms with Gasteiger partial charge in [-0.05, 0) is 61.9 Å². The Hall–Kier alpha value is -1.50. The van der Waals surface area contributed by atoms with Crippen LogP contribution in [0.25, 0.3) is 10.2 Å². The van der Waals surface area contributed by atoms with Crippen molar-refractivity contribution in [1.29, 1.82) is 0 Å². The van der Waals surface area contributed by atoms with Crippen molar-refractivity contribution >= 4 is 44.9 Å². The fourth-order valence-electron chi connectivity index (χ4n) is 3.16. The molecule has 0 aliphatic heterocycles. The van der Waals surface area contributed by atoms with Crippen molar-refractivity contribution in [2.24, 2.45) is 0 Å². The Morgan fingerprint density at radius 3 is 2.88 bits per heavy atom. The molecular weight excluding hydrogens is 388 g/mol. The van der Waals surface area contributed by atoms with Gasteiger partial charge in [0.1, 0.15) is 10.6 Å². The maximum atomic E-state index is 12.5. The van der Waals surface area contributed by atoms with E-state index in [-0.39, 0.29) is 5.56 Å². The van der Waals surface area contributed by atoms with Gasteiger partial charge in [-0.25, -0.2) is 4.98 Å². The molecule has 0 saturated heterocycles. The Morgan fingerprint density at radius 1 is 1.23 bits per heavy atom. The topological polar surface area (TPSA) is 55.0 Å². The van der Waals surface area contributed by atoms with Crippen molar-refractivity contribution in [2.75, 3.05) is 12.4 Å². The molecule has 3 aromatic rings. The van der Waals surface area contributed by atoms with Crippen LogP contribution in [-0.4, -0.2) is 22.3 Å². The number of thiophene rings is 1. The summed E-state index contributed by atoms with van der Waals surface area (Å²) in [5.41, 5.74) is 1.24. The second-order valence-electron chi connectivity index (χ2n) is 6.27. The van der Waals surface area contributed by atoms with Gasteiger partial charge < -0.3 is 9.72 Å². The standard InChI is InChI=1S/C19H19ClN2O2S2/c20-12-6-8-13(9-7-12)24-10-3-11-25-19-21-17(23)16-14-4-1-2-5-15(14)26-18(16)22-19/h6-9H,1-5,10-11H2,(H,21,22,23). The summed E-state index contributed by atoms with van der Waals surface area (Å²) in [7, 11) is 0. The molecule has 0 amide bonds. The highest BCUT2D eigenvalue weighted by Gasteiger charge is 2.19. The minimum atomic E-state index is 0.00862. The largest absolute Gasteiger partial charge is 0.494 e. The van der Waals surface area contributed by atoms with Gasteiger partial charge in [0.2, 0.25) is 0 Å². The van der Waals surface area contributed by atoms with E-state index in [0.29, 0.717) is 16.8 Å². The van der Waals surface area contributed by atoms with Crippen LogP contribution >= 0.6 is 34.7 Å². The number of nitrogens with one attached hydrogen (secondary N) is 1. The first-order valence-corrected chi connectivity index (χ1v) is 10.9. The smallest absolute Gasteiger partial charge is 0.260 e. The van der Waals surface area contributed by atoms with Crippen molar-refractivity contribution in [1.82, 2.24) is 9.97 Å². The molecule has 0 radical (unpaired) electrons.